The van der Waals surface area contributed by atoms with Crippen molar-refractivity contribution in [3.63, 3.8) is 0 Å². The Morgan fingerprint density at radius 2 is 2.13 bits per heavy atom. The molecule has 0 saturated carbocycles. The highest BCUT2D eigenvalue weighted by Crippen LogP contribution is 2.27. The van der Waals surface area contributed by atoms with Crippen molar-refractivity contribution in [1.82, 2.24) is 0 Å². The van der Waals surface area contributed by atoms with Crippen LogP contribution in [0.15, 0.2) is 22.7 Å². The van der Waals surface area contributed by atoms with E-state index in [1.807, 2.05) is 18.2 Å². The molecule has 1 unspecified atom stereocenters. The second-order valence-corrected chi connectivity index (χ2v) is 5.09. The normalized spacial score (nSPS) is 12.8. The van der Waals surface area contributed by atoms with E-state index in [-0.39, 0.29) is 6.04 Å². The molecule has 15 heavy (non-hydrogen) atoms. The van der Waals surface area contributed by atoms with E-state index in [1.54, 1.807) is 0 Å². The maximum Gasteiger partial charge on any atom is 0.0454 e. The third kappa shape index (κ3) is 4.13. The van der Waals surface area contributed by atoms with Gasteiger partial charge in [-0.1, -0.05) is 53.7 Å². The molecule has 1 atom stereocenters. The van der Waals surface area contributed by atoms with E-state index in [4.69, 9.17) is 17.3 Å². The van der Waals surface area contributed by atoms with Gasteiger partial charge in [0.1, 0.15) is 0 Å². The van der Waals surface area contributed by atoms with E-state index < -0.39 is 0 Å². The minimum Gasteiger partial charge on any atom is -0.324 e. The van der Waals surface area contributed by atoms with Gasteiger partial charge in [0, 0.05) is 15.5 Å². The zero-order valence-electron chi connectivity index (χ0n) is 8.97. The van der Waals surface area contributed by atoms with Gasteiger partial charge in [0.25, 0.3) is 0 Å². The molecule has 2 N–H and O–H groups in total. The second kappa shape index (κ2) is 6.51. The van der Waals surface area contributed by atoms with Crippen LogP contribution in [-0.4, -0.2) is 0 Å². The van der Waals surface area contributed by atoms with Crippen LogP contribution in [0.5, 0.6) is 0 Å². The molecule has 0 aliphatic rings. The molecule has 0 amide bonds. The van der Waals surface area contributed by atoms with Crippen molar-refractivity contribution in [1.29, 1.82) is 0 Å². The lowest BCUT2D eigenvalue weighted by atomic mass is 10.0. The van der Waals surface area contributed by atoms with Gasteiger partial charge in [0.15, 0.2) is 0 Å². The average molecular weight is 291 g/mol. The van der Waals surface area contributed by atoms with Crippen LogP contribution in [0.1, 0.15) is 44.2 Å². The zero-order chi connectivity index (χ0) is 11.3. The summed E-state index contributed by atoms with van der Waals surface area (Å²) in [6.45, 7) is 2.19. The van der Waals surface area contributed by atoms with Crippen molar-refractivity contribution in [3.05, 3.63) is 33.3 Å². The molecule has 1 rings (SSSR count). The van der Waals surface area contributed by atoms with Crippen molar-refractivity contribution < 1.29 is 0 Å². The van der Waals surface area contributed by atoms with E-state index in [2.05, 4.69) is 22.9 Å². The predicted octanol–water partition coefficient (Wildman–Crippen LogP) is 4.68. The van der Waals surface area contributed by atoms with Gasteiger partial charge in [0.2, 0.25) is 0 Å². The largest absolute Gasteiger partial charge is 0.324 e. The lowest BCUT2D eigenvalue weighted by Gasteiger charge is -2.13. The van der Waals surface area contributed by atoms with E-state index in [1.165, 1.54) is 19.3 Å². The van der Waals surface area contributed by atoms with Gasteiger partial charge >= 0.3 is 0 Å². The Kier molecular flexibility index (Phi) is 5.65. The van der Waals surface area contributed by atoms with E-state index in [0.29, 0.717) is 0 Å². The topological polar surface area (TPSA) is 26.0 Å². The Balaban J connectivity index is 2.64. The lowest BCUT2D eigenvalue weighted by Crippen LogP contribution is -2.10. The number of nitrogens with two attached hydrogens (primary N) is 1. The summed E-state index contributed by atoms with van der Waals surface area (Å²) in [5, 5.41) is 0.766. The van der Waals surface area contributed by atoms with E-state index >= 15 is 0 Å². The first-order valence-corrected chi connectivity index (χ1v) is 6.52. The van der Waals surface area contributed by atoms with Gasteiger partial charge in [-0.2, -0.15) is 0 Å². The van der Waals surface area contributed by atoms with Gasteiger partial charge in [-0.25, -0.2) is 0 Å². The second-order valence-electron chi connectivity index (χ2n) is 3.77. The van der Waals surface area contributed by atoms with Crippen molar-refractivity contribution >= 4 is 27.5 Å². The molecule has 1 aromatic carbocycles. The molecule has 0 aromatic heterocycles. The molecule has 0 spiro atoms. The quantitative estimate of drug-likeness (QED) is 0.783. The molecule has 0 saturated heterocycles. The van der Waals surface area contributed by atoms with Gasteiger partial charge in [-0.3, -0.25) is 0 Å². The number of benzene rings is 1. The molecule has 0 bridgehead atoms. The van der Waals surface area contributed by atoms with E-state index in [9.17, 15) is 0 Å². The molecule has 1 nitrogen and oxygen atoms in total. The summed E-state index contributed by atoms with van der Waals surface area (Å²) in [5.41, 5.74) is 7.14. The first-order valence-electron chi connectivity index (χ1n) is 5.35. The summed E-state index contributed by atoms with van der Waals surface area (Å²) in [5.74, 6) is 0. The molecule has 0 heterocycles. The van der Waals surface area contributed by atoms with Gasteiger partial charge in [0.05, 0.1) is 0 Å². The molecule has 84 valence electrons. The Bertz CT molecular complexity index is 314. The molecular weight excluding hydrogens is 273 g/mol. The molecule has 3 heteroatoms. The number of hydrogen-bond donors (Lipinski definition) is 1. The molecule has 1 aromatic rings. The summed E-state index contributed by atoms with van der Waals surface area (Å²) >= 11 is 9.54. The molecular formula is C12H17BrClN. The summed E-state index contributed by atoms with van der Waals surface area (Å²) in [7, 11) is 0. The standard InChI is InChI=1S/C12H17BrClN/c1-2-3-4-5-12(15)10-8-9(13)6-7-11(10)14/h6-8,12H,2-5,15H2,1H3. The Morgan fingerprint density at radius 1 is 1.40 bits per heavy atom. The SMILES string of the molecule is CCCCCC(N)c1cc(Br)ccc1Cl. The van der Waals surface area contributed by atoms with Crippen LogP contribution < -0.4 is 5.73 Å². The Labute approximate surface area is 105 Å². The fraction of sp³-hybridized carbons (Fsp3) is 0.500. The Morgan fingerprint density at radius 3 is 2.80 bits per heavy atom. The molecule has 0 radical (unpaired) electrons. The van der Waals surface area contributed by atoms with E-state index in [0.717, 1.165) is 21.5 Å². The average Bonchev–Trinajstić information content (AvgIpc) is 2.22. The van der Waals surface area contributed by atoms with Crippen molar-refractivity contribution in [2.75, 3.05) is 0 Å². The van der Waals surface area contributed by atoms with Crippen LogP contribution in [0.25, 0.3) is 0 Å². The fourth-order valence-electron chi connectivity index (χ4n) is 1.57. The monoisotopic (exact) mass is 289 g/mol. The number of unbranched alkanes of at least 4 members (excludes halogenated alkanes) is 2. The number of halogens is 2. The maximum atomic E-state index is 6.10. The van der Waals surface area contributed by atoms with Crippen molar-refractivity contribution in [2.45, 2.75) is 38.6 Å². The third-order valence-corrected chi connectivity index (χ3v) is 3.31. The molecule has 0 fully saturated rings. The first kappa shape index (κ1) is 13.0. The highest BCUT2D eigenvalue weighted by molar-refractivity contribution is 9.10. The third-order valence-electron chi connectivity index (χ3n) is 2.48. The van der Waals surface area contributed by atoms with Gasteiger partial charge in [-0.05, 0) is 30.2 Å². The van der Waals surface area contributed by atoms with Crippen molar-refractivity contribution in [3.8, 4) is 0 Å². The van der Waals surface area contributed by atoms with Crippen LogP contribution in [0.2, 0.25) is 5.02 Å². The summed E-state index contributed by atoms with van der Waals surface area (Å²) < 4.78 is 1.04. The van der Waals surface area contributed by atoms with Gasteiger partial charge in [-0.15, -0.1) is 0 Å². The van der Waals surface area contributed by atoms with Crippen LogP contribution in [0, 0.1) is 0 Å². The van der Waals surface area contributed by atoms with Crippen molar-refractivity contribution in [2.24, 2.45) is 5.73 Å². The Hall–Kier alpha value is -0.0500. The highest BCUT2D eigenvalue weighted by atomic mass is 79.9. The van der Waals surface area contributed by atoms with Gasteiger partial charge < -0.3 is 5.73 Å². The van der Waals surface area contributed by atoms with Crippen LogP contribution in [0.4, 0.5) is 0 Å². The summed E-state index contributed by atoms with van der Waals surface area (Å²) in [6.07, 6.45) is 4.63. The minimum absolute atomic E-state index is 0.0570. The first-order chi connectivity index (χ1) is 7.15. The zero-order valence-corrected chi connectivity index (χ0v) is 11.3. The highest BCUT2D eigenvalue weighted by Gasteiger charge is 2.09. The van der Waals surface area contributed by atoms with Crippen LogP contribution >= 0.6 is 27.5 Å². The predicted molar refractivity (Wildman–Crippen MR) is 70.2 cm³/mol. The van der Waals surface area contributed by atoms with Crippen LogP contribution in [0.3, 0.4) is 0 Å². The summed E-state index contributed by atoms with van der Waals surface area (Å²) in [6, 6.07) is 5.89. The minimum atomic E-state index is 0.0570. The number of hydrogen-bond acceptors (Lipinski definition) is 1. The van der Waals surface area contributed by atoms with Crippen LogP contribution in [-0.2, 0) is 0 Å². The number of rotatable bonds is 5. The summed E-state index contributed by atoms with van der Waals surface area (Å²) in [4.78, 5) is 0. The fourth-order valence-corrected chi connectivity index (χ4v) is 2.20. The lowest BCUT2D eigenvalue weighted by molar-refractivity contribution is 0.581. The smallest absolute Gasteiger partial charge is 0.0454 e. The molecule has 0 aliphatic heterocycles. The maximum absolute atomic E-state index is 6.10. The molecule has 0 aliphatic carbocycles.